The van der Waals surface area contributed by atoms with Gasteiger partial charge in [0.2, 0.25) is 5.91 Å². The molecular weight excluding hydrogens is 390 g/mol. The van der Waals surface area contributed by atoms with Crippen molar-refractivity contribution in [2.45, 2.75) is 13.0 Å². The van der Waals surface area contributed by atoms with Gasteiger partial charge in [-0.15, -0.1) is 0 Å². The number of ether oxygens (including phenoxy) is 1. The Kier molecular flexibility index (Phi) is 6.59. The smallest absolute Gasteiger partial charge is 0.279 e. The number of nitrogens with one attached hydrogen (secondary N) is 3. The van der Waals surface area contributed by atoms with Crippen LogP contribution in [-0.4, -0.2) is 23.0 Å². The maximum atomic E-state index is 12.2. The quantitative estimate of drug-likeness (QED) is 0.341. The number of amides is 2. The van der Waals surface area contributed by atoms with E-state index >= 15 is 0 Å². The highest BCUT2D eigenvalue weighted by molar-refractivity contribution is 7.80. The molecule has 148 valence electrons. The van der Waals surface area contributed by atoms with Crippen LogP contribution < -0.4 is 20.9 Å². The number of carbonyl (C=O) groups is 2. The molecule has 0 aliphatic rings. The van der Waals surface area contributed by atoms with Crippen molar-refractivity contribution in [3.63, 3.8) is 0 Å². The summed E-state index contributed by atoms with van der Waals surface area (Å²) in [5, 5.41) is 4.45. The van der Waals surface area contributed by atoms with E-state index in [0.29, 0.717) is 11.5 Å². The Labute approximate surface area is 172 Å². The summed E-state index contributed by atoms with van der Waals surface area (Å²) in [5.41, 5.74) is 4.87. The zero-order valence-electron chi connectivity index (χ0n) is 15.5. The summed E-state index contributed by atoms with van der Waals surface area (Å²) < 4.78 is 10.8. The topological polar surface area (TPSA) is 92.6 Å². The predicted octanol–water partition coefficient (Wildman–Crippen LogP) is 2.94. The Bertz CT molecular complexity index is 1050. The highest BCUT2D eigenvalue weighted by Gasteiger charge is 2.15. The number of benzene rings is 2. The molecule has 2 aromatic carbocycles. The van der Waals surface area contributed by atoms with Gasteiger partial charge in [-0.05, 0) is 60.3 Å². The van der Waals surface area contributed by atoms with Crippen LogP contribution in [0.1, 0.15) is 12.7 Å². The minimum absolute atomic E-state index is 0.0506. The molecule has 0 spiro atoms. The third-order valence-electron chi connectivity index (χ3n) is 3.88. The SMILES string of the molecule is CC(Oc1ccc2ccccc2c1)C(=O)NNC(=S)NC(=O)/C=C/c1ccco1. The number of fused-ring (bicyclic) bond motifs is 1. The summed E-state index contributed by atoms with van der Waals surface area (Å²) in [5.74, 6) is 0.201. The van der Waals surface area contributed by atoms with E-state index in [1.165, 1.54) is 18.4 Å². The Morgan fingerprint density at radius 1 is 1.07 bits per heavy atom. The van der Waals surface area contributed by atoms with Gasteiger partial charge in [-0.1, -0.05) is 30.3 Å². The summed E-state index contributed by atoms with van der Waals surface area (Å²) in [7, 11) is 0. The molecule has 0 saturated carbocycles. The first-order valence-electron chi connectivity index (χ1n) is 8.79. The van der Waals surface area contributed by atoms with Gasteiger partial charge in [0, 0.05) is 6.08 Å². The molecule has 29 heavy (non-hydrogen) atoms. The molecule has 8 heteroatoms. The first-order valence-corrected chi connectivity index (χ1v) is 9.20. The number of carbonyl (C=O) groups excluding carboxylic acids is 2. The number of hydrogen-bond donors (Lipinski definition) is 3. The lowest BCUT2D eigenvalue weighted by Gasteiger charge is -2.16. The lowest BCUT2D eigenvalue weighted by atomic mass is 10.1. The van der Waals surface area contributed by atoms with E-state index in [-0.39, 0.29) is 5.11 Å². The minimum atomic E-state index is -0.777. The summed E-state index contributed by atoms with van der Waals surface area (Å²) in [6, 6.07) is 16.9. The van der Waals surface area contributed by atoms with Gasteiger partial charge < -0.3 is 9.15 Å². The molecule has 1 aromatic heterocycles. The second-order valence-electron chi connectivity index (χ2n) is 6.05. The average Bonchev–Trinajstić information content (AvgIpc) is 3.24. The van der Waals surface area contributed by atoms with Gasteiger partial charge in [0.15, 0.2) is 11.2 Å². The van der Waals surface area contributed by atoms with Crippen molar-refractivity contribution in [2.75, 3.05) is 0 Å². The van der Waals surface area contributed by atoms with Crippen LogP contribution in [0.3, 0.4) is 0 Å². The Morgan fingerprint density at radius 2 is 1.86 bits per heavy atom. The summed E-state index contributed by atoms with van der Waals surface area (Å²) in [6.07, 6.45) is 3.48. The maximum absolute atomic E-state index is 12.2. The van der Waals surface area contributed by atoms with Crippen molar-refractivity contribution in [1.29, 1.82) is 0 Å². The first kappa shape index (κ1) is 20.1. The van der Waals surface area contributed by atoms with Crippen LogP contribution in [0.2, 0.25) is 0 Å². The summed E-state index contributed by atoms with van der Waals surface area (Å²) >= 11 is 4.98. The molecule has 0 radical (unpaired) electrons. The van der Waals surface area contributed by atoms with Crippen LogP contribution in [0.4, 0.5) is 0 Å². The molecular formula is C21H19N3O4S. The monoisotopic (exact) mass is 409 g/mol. The van der Waals surface area contributed by atoms with E-state index in [1.807, 2.05) is 36.4 Å². The van der Waals surface area contributed by atoms with Crippen LogP contribution in [0.25, 0.3) is 16.8 Å². The van der Waals surface area contributed by atoms with Gasteiger partial charge in [0.05, 0.1) is 6.26 Å². The summed E-state index contributed by atoms with van der Waals surface area (Å²) in [6.45, 7) is 1.61. The van der Waals surface area contributed by atoms with Gasteiger partial charge in [-0.3, -0.25) is 25.8 Å². The minimum Gasteiger partial charge on any atom is -0.481 e. The third-order valence-corrected chi connectivity index (χ3v) is 4.09. The van der Waals surface area contributed by atoms with Crippen molar-refractivity contribution in [3.05, 3.63) is 72.7 Å². The predicted molar refractivity (Wildman–Crippen MR) is 114 cm³/mol. The molecule has 1 atom stereocenters. The zero-order valence-corrected chi connectivity index (χ0v) is 16.4. The van der Waals surface area contributed by atoms with E-state index in [2.05, 4.69) is 16.2 Å². The summed E-state index contributed by atoms with van der Waals surface area (Å²) in [4.78, 5) is 24.0. The number of hydrogen-bond acceptors (Lipinski definition) is 5. The number of furan rings is 1. The molecule has 3 rings (SSSR count). The lowest BCUT2D eigenvalue weighted by Crippen LogP contribution is -2.51. The third kappa shape index (κ3) is 5.91. The van der Waals surface area contributed by atoms with E-state index in [4.69, 9.17) is 21.4 Å². The highest BCUT2D eigenvalue weighted by Crippen LogP contribution is 2.21. The van der Waals surface area contributed by atoms with E-state index in [0.717, 1.165) is 10.8 Å². The molecule has 3 aromatic rings. The number of thiocarbonyl (C=S) groups is 1. The molecule has 0 fully saturated rings. The molecule has 0 bridgehead atoms. The molecule has 1 unspecified atom stereocenters. The fraction of sp³-hybridized carbons (Fsp3) is 0.0952. The van der Waals surface area contributed by atoms with Crippen molar-refractivity contribution in [2.24, 2.45) is 0 Å². The molecule has 7 nitrogen and oxygen atoms in total. The van der Waals surface area contributed by atoms with Gasteiger partial charge in [0.1, 0.15) is 11.5 Å². The lowest BCUT2D eigenvalue weighted by molar-refractivity contribution is -0.128. The number of hydrazine groups is 1. The largest absolute Gasteiger partial charge is 0.481 e. The van der Waals surface area contributed by atoms with E-state index in [1.54, 1.807) is 25.1 Å². The zero-order chi connectivity index (χ0) is 20.6. The standard InChI is InChI=1S/C21H19N3O4S/c1-14(28-18-9-8-15-5-2-3-6-16(15)13-18)20(26)23-24-21(29)22-19(25)11-10-17-7-4-12-27-17/h2-14H,1H3,(H,23,26)(H2,22,24,25,29)/b11-10+. The highest BCUT2D eigenvalue weighted by atomic mass is 32.1. The molecule has 3 N–H and O–H groups in total. The first-order chi connectivity index (χ1) is 14.0. The molecule has 0 saturated heterocycles. The number of rotatable bonds is 5. The Balaban J connectivity index is 1.45. The van der Waals surface area contributed by atoms with E-state index in [9.17, 15) is 9.59 Å². The van der Waals surface area contributed by atoms with Crippen LogP contribution in [0.5, 0.6) is 5.75 Å². The van der Waals surface area contributed by atoms with Crippen LogP contribution in [-0.2, 0) is 9.59 Å². The fourth-order valence-corrected chi connectivity index (χ4v) is 2.60. The van der Waals surface area contributed by atoms with Crippen molar-refractivity contribution in [3.8, 4) is 5.75 Å². The van der Waals surface area contributed by atoms with Gasteiger partial charge in [-0.2, -0.15) is 0 Å². The molecule has 0 aliphatic heterocycles. The Hall–Kier alpha value is -3.65. The maximum Gasteiger partial charge on any atom is 0.279 e. The van der Waals surface area contributed by atoms with Crippen molar-refractivity contribution < 1.29 is 18.7 Å². The molecule has 0 aliphatic carbocycles. The molecule has 1 heterocycles. The van der Waals surface area contributed by atoms with Crippen LogP contribution in [0, 0.1) is 0 Å². The Morgan fingerprint density at radius 3 is 2.62 bits per heavy atom. The average molecular weight is 409 g/mol. The van der Waals surface area contributed by atoms with E-state index < -0.39 is 17.9 Å². The van der Waals surface area contributed by atoms with Crippen molar-refractivity contribution in [1.82, 2.24) is 16.2 Å². The van der Waals surface area contributed by atoms with Crippen LogP contribution >= 0.6 is 12.2 Å². The van der Waals surface area contributed by atoms with Gasteiger partial charge in [-0.25, -0.2) is 0 Å². The second kappa shape index (κ2) is 9.52. The fourth-order valence-electron chi connectivity index (χ4n) is 2.45. The second-order valence-corrected chi connectivity index (χ2v) is 6.46. The van der Waals surface area contributed by atoms with Gasteiger partial charge in [0.25, 0.3) is 5.91 Å². The normalized spacial score (nSPS) is 11.8. The molecule has 2 amide bonds. The van der Waals surface area contributed by atoms with Gasteiger partial charge >= 0.3 is 0 Å². The van der Waals surface area contributed by atoms with Crippen molar-refractivity contribution >= 4 is 46.0 Å². The van der Waals surface area contributed by atoms with Crippen LogP contribution in [0.15, 0.2) is 71.4 Å².